The van der Waals surface area contributed by atoms with Gasteiger partial charge in [-0.1, -0.05) is 29.3 Å². The zero-order valence-corrected chi connectivity index (χ0v) is 15.0. The van der Waals surface area contributed by atoms with Gasteiger partial charge in [-0.15, -0.1) is 0 Å². The largest absolute Gasteiger partial charge is 0.459 e. The number of aliphatic hydroxyl groups excluding tert-OH is 1. The molecule has 1 heterocycles. The lowest BCUT2D eigenvalue weighted by Crippen LogP contribution is -2.32. The molecule has 1 aromatic rings. The second-order valence-corrected chi connectivity index (χ2v) is 7.46. The van der Waals surface area contributed by atoms with Crippen LogP contribution in [0.1, 0.15) is 32.3 Å². The highest BCUT2D eigenvalue weighted by Crippen LogP contribution is 2.26. The lowest BCUT2D eigenvalue weighted by Gasteiger charge is -2.26. The summed E-state index contributed by atoms with van der Waals surface area (Å²) in [7, 11) is 0. The molecular weight excluding hydrogens is 337 g/mol. The average molecular weight is 360 g/mol. The molecule has 1 aromatic carbocycles. The predicted molar refractivity (Wildman–Crippen MR) is 91.9 cm³/mol. The van der Waals surface area contributed by atoms with Gasteiger partial charge in [-0.3, -0.25) is 4.79 Å². The first-order valence-electron chi connectivity index (χ1n) is 7.82. The van der Waals surface area contributed by atoms with Crippen LogP contribution >= 0.6 is 23.2 Å². The van der Waals surface area contributed by atoms with Crippen molar-refractivity contribution in [3.05, 3.63) is 33.8 Å². The fourth-order valence-electron chi connectivity index (χ4n) is 2.68. The van der Waals surface area contributed by atoms with Crippen molar-refractivity contribution >= 4 is 29.2 Å². The fraction of sp³-hybridized carbons (Fsp3) is 0.588. The van der Waals surface area contributed by atoms with E-state index in [9.17, 15) is 4.79 Å². The zero-order chi connectivity index (χ0) is 17.0. The van der Waals surface area contributed by atoms with Gasteiger partial charge in [-0.2, -0.15) is 0 Å². The summed E-state index contributed by atoms with van der Waals surface area (Å²) >= 11 is 11.9. The molecule has 0 saturated carbocycles. The third-order valence-corrected chi connectivity index (χ3v) is 4.89. The van der Waals surface area contributed by atoms with E-state index >= 15 is 0 Å². The molecule has 128 valence electrons. The van der Waals surface area contributed by atoms with Crippen LogP contribution in [-0.2, 0) is 16.0 Å². The molecule has 0 aromatic heterocycles. The van der Waals surface area contributed by atoms with E-state index in [2.05, 4.69) is 5.32 Å². The van der Waals surface area contributed by atoms with Crippen molar-refractivity contribution in [2.45, 2.75) is 44.8 Å². The Morgan fingerprint density at radius 1 is 1.39 bits per heavy atom. The Labute approximate surface area is 147 Å². The molecule has 2 atom stereocenters. The molecule has 23 heavy (non-hydrogen) atoms. The highest BCUT2D eigenvalue weighted by atomic mass is 35.5. The maximum absolute atomic E-state index is 12.3. The monoisotopic (exact) mass is 359 g/mol. The van der Waals surface area contributed by atoms with Gasteiger partial charge >= 0.3 is 5.97 Å². The van der Waals surface area contributed by atoms with Crippen molar-refractivity contribution in [3.8, 4) is 0 Å². The van der Waals surface area contributed by atoms with E-state index in [1.165, 1.54) is 0 Å². The molecule has 1 fully saturated rings. The van der Waals surface area contributed by atoms with Crippen LogP contribution in [-0.4, -0.2) is 35.9 Å². The quantitative estimate of drug-likeness (QED) is 0.765. The predicted octanol–water partition coefficient (Wildman–Crippen LogP) is 3.22. The molecule has 1 aliphatic heterocycles. The SMILES string of the molecule is CC(C)(CCc1ccc(Cl)c(Cl)c1)OC(=O)[C@H]1CN[C@H](CO)C1. The van der Waals surface area contributed by atoms with Crippen LogP contribution in [0, 0.1) is 5.92 Å². The first-order valence-corrected chi connectivity index (χ1v) is 8.57. The summed E-state index contributed by atoms with van der Waals surface area (Å²) in [5.74, 6) is -0.385. The number of carbonyl (C=O) groups is 1. The van der Waals surface area contributed by atoms with Gasteiger partial charge < -0.3 is 15.2 Å². The van der Waals surface area contributed by atoms with Gasteiger partial charge in [0, 0.05) is 12.6 Å². The van der Waals surface area contributed by atoms with Crippen LogP contribution in [0.5, 0.6) is 0 Å². The Morgan fingerprint density at radius 3 is 2.74 bits per heavy atom. The molecule has 1 aliphatic rings. The van der Waals surface area contributed by atoms with E-state index in [-0.39, 0.29) is 24.5 Å². The Kier molecular flexibility index (Phi) is 6.32. The number of hydrogen-bond donors (Lipinski definition) is 2. The molecule has 0 bridgehead atoms. The first-order chi connectivity index (χ1) is 10.8. The van der Waals surface area contributed by atoms with Crippen LogP contribution in [0.15, 0.2) is 18.2 Å². The lowest BCUT2D eigenvalue weighted by molar-refractivity contribution is -0.161. The number of aryl methyl sites for hydroxylation is 1. The molecule has 0 radical (unpaired) electrons. The average Bonchev–Trinajstić information content (AvgIpc) is 2.97. The van der Waals surface area contributed by atoms with Crippen LogP contribution < -0.4 is 5.32 Å². The molecule has 0 amide bonds. The fourth-order valence-corrected chi connectivity index (χ4v) is 3.01. The Hall–Kier alpha value is -0.810. The Balaban J connectivity index is 1.86. The molecule has 0 spiro atoms. The zero-order valence-electron chi connectivity index (χ0n) is 13.4. The van der Waals surface area contributed by atoms with Crippen LogP contribution in [0.4, 0.5) is 0 Å². The van der Waals surface area contributed by atoms with Gasteiger partial charge in [0.1, 0.15) is 5.60 Å². The van der Waals surface area contributed by atoms with Crippen molar-refractivity contribution in [1.29, 1.82) is 0 Å². The number of benzene rings is 1. The summed E-state index contributed by atoms with van der Waals surface area (Å²) in [5.41, 5.74) is 0.506. The van der Waals surface area contributed by atoms with Gasteiger partial charge in [0.15, 0.2) is 0 Å². The van der Waals surface area contributed by atoms with E-state index in [0.717, 1.165) is 12.0 Å². The summed E-state index contributed by atoms with van der Waals surface area (Å²) in [6, 6.07) is 5.54. The Bertz CT molecular complexity index is 563. The van der Waals surface area contributed by atoms with E-state index < -0.39 is 5.60 Å². The number of carbonyl (C=O) groups excluding carboxylic acids is 1. The van der Waals surface area contributed by atoms with E-state index in [0.29, 0.717) is 29.4 Å². The molecule has 2 rings (SSSR count). The minimum Gasteiger partial charge on any atom is -0.459 e. The summed E-state index contributed by atoms with van der Waals surface area (Å²) < 4.78 is 5.67. The number of rotatable bonds is 6. The number of aliphatic hydroxyl groups is 1. The van der Waals surface area contributed by atoms with Gasteiger partial charge in [-0.25, -0.2) is 0 Å². The summed E-state index contributed by atoms with van der Waals surface area (Å²) in [6.07, 6.45) is 2.07. The van der Waals surface area contributed by atoms with Crippen molar-refractivity contribution < 1.29 is 14.6 Å². The molecule has 1 saturated heterocycles. The Morgan fingerprint density at radius 2 is 2.13 bits per heavy atom. The maximum Gasteiger partial charge on any atom is 0.310 e. The minimum atomic E-state index is -0.555. The van der Waals surface area contributed by atoms with E-state index in [1.807, 2.05) is 26.0 Å². The second kappa shape index (κ2) is 7.84. The number of ether oxygens (including phenoxy) is 1. The van der Waals surface area contributed by atoms with Crippen LogP contribution in [0.3, 0.4) is 0 Å². The third kappa shape index (κ3) is 5.35. The molecule has 6 heteroatoms. The van der Waals surface area contributed by atoms with Gasteiger partial charge in [0.2, 0.25) is 0 Å². The first kappa shape index (κ1) is 18.5. The lowest BCUT2D eigenvalue weighted by atomic mass is 9.98. The molecule has 0 unspecified atom stereocenters. The second-order valence-electron chi connectivity index (χ2n) is 6.65. The highest BCUT2D eigenvalue weighted by molar-refractivity contribution is 6.42. The van der Waals surface area contributed by atoms with E-state index in [4.69, 9.17) is 33.0 Å². The van der Waals surface area contributed by atoms with E-state index in [1.54, 1.807) is 6.07 Å². The molecule has 0 aliphatic carbocycles. The van der Waals surface area contributed by atoms with Crippen LogP contribution in [0.25, 0.3) is 0 Å². The minimum absolute atomic E-state index is 0.00753. The van der Waals surface area contributed by atoms with Gasteiger partial charge in [0.25, 0.3) is 0 Å². The summed E-state index contributed by atoms with van der Waals surface area (Å²) in [5, 5.41) is 13.3. The maximum atomic E-state index is 12.3. The normalized spacial score (nSPS) is 21.4. The smallest absolute Gasteiger partial charge is 0.310 e. The van der Waals surface area contributed by atoms with Crippen LogP contribution in [0.2, 0.25) is 10.0 Å². The topological polar surface area (TPSA) is 58.6 Å². The molecule has 2 N–H and O–H groups in total. The van der Waals surface area contributed by atoms with Gasteiger partial charge in [0.05, 0.1) is 22.6 Å². The third-order valence-electron chi connectivity index (χ3n) is 4.15. The number of esters is 1. The molecule has 4 nitrogen and oxygen atoms in total. The summed E-state index contributed by atoms with van der Waals surface area (Å²) in [4.78, 5) is 12.3. The van der Waals surface area contributed by atoms with Crippen molar-refractivity contribution in [3.63, 3.8) is 0 Å². The van der Waals surface area contributed by atoms with Crippen molar-refractivity contribution in [2.75, 3.05) is 13.2 Å². The number of halogens is 2. The molecular formula is C17H23Cl2NO3. The number of hydrogen-bond acceptors (Lipinski definition) is 4. The summed E-state index contributed by atoms with van der Waals surface area (Å²) in [6.45, 7) is 4.43. The van der Waals surface area contributed by atoms with Crippen molar-refractivity contribution in [1.82, 2.24) is 5.32 Å². The standard InChI is InChI=1S/C17H23Cl2NO3/c1-17(2,6-5-11-3-4-14(18)15(19)7-11)23-16(22)12-8-13(10-21)20-9-12/h3-4,7,12-13,20-21H,5-6,8-10H2,1-2H3/t12-,13+/m1/s1. The highest BCUT2D eigenvalue weighted by Gasteiger charge is 2.33. The number of nitrogens with one attached hydrogen (secondary N) is 1. The van der Waals surface area contributed by atoms with Gasteiger partial charge in [-0.05, 0) is 50.8 Å². The van der Waals surface area contributed by atoms with Crippen molar-refractivity contribution in [2.24, 2.45) is 5.92 Å².